The van der Waals surface area contributed by atoms with Crippen LogP contribution in [-0.4, -0.2) is 37.0 Å². The maximum absolute atomic E-state index is 12.7. The predicted molar refractivity (Wildman–Crippen MR) is 64.2 cm³/mol. The molecule has 0 radical (unpaired) electrons. The lowest BCUT2D eigenvalue weighted by Crippen LogP contribution is -2.46. The van der Waals surface area contributed by atoms with E-state index in [9.17, 15) is 9.18 Å². The number of hydrogen-bond acceptors (Lipinski definition) is 2. The second-order valence-corrected chi connectivity index (χ2v) is 4.26. The van der Waals surface area contributed by atoms with Crippen LogP contribution in [0.4, 0.5) is 4.39 Å². The summed E-state index contributed by atoms with van der Waals surface area (Å²) < 4.78 is 12.7. The Balaban J connectivity index is 1.81. The molecule has 17 heavy (non-hydrogen) atoms. The van der Waals surface area contributed by atoms with Gasteiger partial charge in [0.05, 0.1) is 0 Å². The molecule has 0 saturated carbocycles. The van der Waals surface area contributed by atoms with Crippen LogP contribution >= 0.6 is 0 Å². The van der Waals surface area contributed by atoms with Gasteiger partial charge in [-0.05, 0) is 24.1 Å². The summed E-state index contributed by atoms with van der Waals surface area (Å²) in [5, 5.41) is 3.21. The summed E-state index contributed by atoms with van der Waals surface area (Å²) in [5.41, 5.74) is 1.01. The molecule has 0 atom stereocenters. The number of nitrogens with zero attached hydrogens (tertiary/aromatic N) is 1. The number of nitrogens with one attached hydrogen (secondary N) is 1. The van der Waals surface area contributed by atoms with Crippen LogP contribution in [0.1, 0.15) is 12.0 Å². The van der Waals surface area contributed by atoms with Gasteiger partial charge in [0.1, 0.15) is 5.82 Å². The lowest BCUT2D eigenvalue weighted by atomic mass is 10.1. The van der Waals surface area contributed by atoms with Gasteiger partial charge in [-0.3, -0.25) is 4.79 Å². The summed E-state index contributed by atoms with van der Waals surface area (Å²) in [6.45, 7) is 3.34. The smallest absolute Gasteiger partial charge is 0.222 e. The fourth-order valence-electron chi connectivity index (χ4n) is 1.97. The van der Waals surface area contributed by atoms with Gasteiger partial charge in [0.15, 0.2) is 0 Å². The maximum atomic E-state index is 12.7. The number of hydrogen-bond donors (Lipinski definition) is 1. The van der Waals surface area contributed by atoms with Crippen molar-refractivity contribution in [1.82, 2.24) is 10.2 Å². The molecule has 1 aliphatic rings. The van der Waals surface area contributed by atoms with E-state index in [1.54, 1.807) is 12.1 Å². The maximum Gasteiger partial charge on any atom is 0.222 e. The summed E-state index contributed by atoms with van der Waals surface area (Å²) in [6, 6.07) is 6.34. The van der Waals surface area contributed by atoms with Crippen molar-refractivity contribution < 1.29 is 9.18 Å². The number of carbonyl (C=O) groups excluding carboxylic acids is 1. The first-order chi connectivity index (χ1) is 8.25. The largest absolute Gasteiger partial charge is 0.340 e. The molecule has 0 bridgehead atoms. The fourth-order valence-corrected chi connectivity index (χ4v) is 1.97. The quantitative estimate of drug-likeness (QED) is 0.855. The van der Waals surface area contributed by atoms with Crippen LogP contribution in [-0.2, 0) is 11.2 Å². The Hall–Kier alpha value is -1.42. The molecular formula is C13H17FN2O. The van der Waals surface area contributed by atoms with Crippen LogP contribution in [0.25, 0.3) is 0 Å². The molecule has 1 aliphatic heterocycles. The molecule has 1 fully saturated rings. The second-order valence-electron chi connectivity index (χ2n) is 4.26. The summed E-state index contributed by atoms with van der Waals surface area (Å²) in [7, 11) is 0. The molecule has 1 amide bonds. The van der Waals surface area contributed by atoms with Crippen LogP contribution < -0.4 is 5.32 Å². The molecule has 0 aliphatic carbocycles. The average Bonchev–Trinajstić information content (AvgIpc) is 2.39. The van der Waals surface area contributed by atoms with Crippen LogP contribution in [0.5, 0.6) is 0 Å². The van der Waals surface area contributed by atoms with Crippen LogP contribution in [0.15, 0.2) is 24.3 Å². The fraction of sp³-hybridized carbons (Fsp3) is 0.462. The second kappa shape index (κ2) is 5.77. The Kier molecular flexibility index (Phi) is 4.09. The van der Waals surface area contributed by atoms with Crippen molar-refractivity contribution in [2.75, 3.05) is 26.2 Å². The molecule has 0 unspecified atom stereocenters. The van der Waals surface area contributed by atoms with E-state index in [1.165, 1.54) is 12.1 Å². The van der Waals surface area contributed by atoms with Crippen molar-refractivity contribution in [2.45, 2.75) is 12.8 Å². The molecule has 1 aromatic carbocycles. The minimum atomic E-state index is -0.234. The number of aryl methyl sites for hydroxylation is 1. The molecule has 92 valence electrons. The highest BCUT2D eigenvalue weighted by Crippen LogP contribution is 2.07. The monoisotopic (exact) mass is 236 g/mol. The van der Waals surface area contributed by atoms with Gasteiger partial charge in [-0.15, -0.1) is 0 Å². The molecule has 1 heterocycles. The molecule has 4 heteroatoms. The highest BCUT2D eigenvalue weighted by Gasteiger charge is 2.15. The molecule has 2 rings (SSSR count). The van der Waals surface area contributed by atoms with E-state index in [0.717, 1.165) is 31.7 Å². The number of piperazine rings is 1. The lowest BCUT2D eigenvalue weighted by Gasteiger charge is -2.27. The summed E-state index contributed by atoms with van der Waals surface area (Å²) in [4.78, 5) is 13.8. The third-order valence-electron chi connectivity index (χ3n) is 3.01. The van der Waals surface area contributed by atoms with Gasteiger partial charge in [0.25, 0.3) is 0 Å². The van der Waals surface area contributed by atoms with Crippen molar-refractivity contribution >= 4 is 5.91 Å². The Bertz CT molecular complexity index is 372. The number of amides is 1. The third-order valence-corrected chi connectivity index (χ3v) is 3.01. The number of benzene rings is 1. The molecule has 3 nitrogen and oxygen atoms in total. The van der Waals surface area contributed by atoms with Crippen molar-refractivity contribution in [3.05, 3.63) is 35.6 Å². The van der Waals surface area contributed by atoms with E-state index in [-0.39, 0.29) is 11.7 Å². The normalized spacial score (nSPS) is 15.9. The van der Waals surface area contributed by atoms with Crippen molar-refractivity contribution in [3.63, 3.8) is 0 Å². The molecule has 0 spiro atoms. The van der Waals surface area contributed by atoms with E-state index in [2.05, 4.69) is 5.32 Å². The summed E-state index contributed by atoms with van der Waals surface area (Å²) >= 11 is 0. The SMILES string of the molecule is O=C(CCc1ccc(F)cc1)N1CCNCC1. The van der Waals surface area contributed by atoms with Gasteiger partial charge in [-0.2, -0.15) is 0 Å². The van der Waals surface area contributed by atoms with Gasteiger partial charge in [-0.1, -0.05) is 12.1 Å². The average molecular weight is 236 g/mol. The van der Waals surface area contributed by atoms with Gasteiger partial charge < -0.3 is 10.2 Å². The molecular weight excluding hydrogens is 219 g/mol. The first-order valence-corrected chi connectivity index (χ1v) is 5.98. The van der Waals surface area contributed by atoms with Gasteiger partial charge >= 0.3 is 0 Å². The van der Waals surface area contributed by atoms with E-state index in [0.29, 0.717) is 12.8 Å². The highest BCUT2D eigenvalue weighted by molar-refractivity contribution is 5.76. The Morgan fingerprint density at radius 2 is 1.88 bits per heavy atom. The zero-order valence-corrected chi connectivity index (χ0v) is 9.79. The number of halogens is 1. The Morgan fingerprint density at radius 1 is 1.24 bits per heavy atom. The van der Waals surface area contributed by atoms with E-state index in [4.69, 9.17) is 0 Å². The van der Waals surface area contributed by atoms with Gasteiger partial charge in [0.2, 0.25) is 5.91 Å². The molecule has 1 saturated heterocycles. The molecule has 0 aromatic heterocycles. The minimum absolute atomic E-state index is 0.191. The van der Waals surface area contributed by atoms with Crippen LogP contribution in [0, 0.1) is 5.82 Å². The van der Waals surface area contributed by atoms with Crippen molar-refractivity contribution in [2.24, 2.45) is 0 Å². The summed E-state index contributed by atoms with van der Waals surface area (Å²) in [6.07, 6.45) is 1.19. The zero-order valence-electron chi connectivity index (χ0n) is 9.79. The third kappa shape index (κ3) is 3.53. The van der Waals surface area contributed by atoms with Gasteiger partial charge in [-0.25, -0.2) is 4.39 Å². The van der Waals surface area contributed by atoms with Crippen LogP contribution in [0.2, 0.25) is 0 Å². The molecule has 1 aromatic rings. The van der Waals surface area contributed by atoms with Crippen LogP contribution in [0.3, 0.4) is 0 Å². The van der Waals surface area contributed by atoms with Crippen molar-refractivity contribution in [3.8, 4) is 0 Å². The van der Waals surface area contributed by atoms with E-state index >= 15 is 0 Å². The predicted octanol–water partition coefficient (Wildman–Crippen LogP) is 1.19. The van der Waals surface area contributed by atoms with Crippen molar-refractivity contribution in [1.29, 1.82) is 0 Å². The van der Waals surface area contributed by atoms with E-state index in [1.807, 2.05) is 4.90 Å². The number of rotatable bonds is 3. The Morgan fingerprint density at radius 3 is 2.53 bits per heavy atom. The number of carbonyl (C=O) groups is 1. The highest BCUT2D eigenvalue weighted by atomic mass is 19.1. The minimum Gasteiger partial charge on any atom is -0.340 e. The standard InChI is InChI=1S/C13H17FN2O/c14-12-4-1-11(2-5-12)3-6-13(17)16-9-7-15-8-10-16/h1-2,4-5,15H,3,6-10H2. The summed E-state index contributed by atoms with van der Waals surface area (Å²) in [5.74, 6) is -0.0435. The molecule has 1 N–H and O–H groups in total. The lowest BCUT2D eigenvalue weighted by molar-refractivity contribution is -0.131. The first-order valence-electron chi connectivity index (χ1n) is 5.98. The van der Waals surface area contributed by atoms with Gasteiger partial charge in [0, 0.05) is 32.6 Å². The Labute approximate surface area is 101 Å². The first kappa shape index (κ1) is 12.0. The topological polar surface area (TPSA) is 32.3 Å². The van der Waals surface area contributed by atoms with E-state index < -0.39 is 0 Å². The zero-order chi connectivity index (χ0) is 12.1.